The number of nitrogens with one attached hydrogen (secondary N) is 2. The molecule has 7 heteroatoms. The molecule has 0 aliphatic carbocycles. The van der Waals surface area contributed by atoms with Crippen molar-refractivity contribution in [2.45, 2.75) is 11.8 Å². The van der Waals surface area contributed by atoms with Crippen molar-refractivity contribution in [3.63, 3.8) is 0 Å². The smallest absolute Gasteiger partial charge is 0.242 e. The third-order valence-corrected chi connectivity index (χ3v) is 4.53. The van der Waals surface area contributed by atoms with Crippen LogP contribution in [-0.2, 0) is 10.0 Å². The van der Waals surface area contributed by atoms with Crippen LogP contribution in [0.5, 0.6) is 0 Å². The summed E-state index contributed by atoms with van der Waals surface area (Å²) in [5, 5.41) is 3.02. The Morgan fingerprint density at radius 1 is 1.14 bits per heavy atom. The molecule has 0 heterocycles. The van der Waals surface area contributed by atoms with Gasteiger partial charge in [0.15, 0.2) is 0 Å². The highest BCUT2D eigenvalue weighted by Gasteiger charge is 2.15. The maximum atomic E-state index is 13.2. The van der Waals surface area contributed by atoms with E-state index in [0.29, 0.717) is 11.4 Å². The van der Waals surface area contributed by atoms with E-state index in [1.165, 1.54) is 31.3 Å². The minimum atomic E-state index is -3.60. The van der Waals surface area contributed by atoms with E-state index in [2.05, 4.69) is 10.0 Å². The summed E-state index contributed by atoms with van der Waals surface area (Å²) < 4.78 is 38.9. The summed E-state index contributed by atoms with van der Waals surface area (Å²) in [6.45, 7) is 1.84. The fourth-order valence-corrected chi connectivity index (χ4v) is 2.70. The van der Waals surface area contributed by atoms with E-state index < -0.39 is 10.0 Å². The minimum Gasteiger partial charge on any atom is -0.398 e. The predicted molar refractivity (Wildman–Crippen MR) is 81.5 cm³/mol. The van der Waals surface area contributed by atoms with Crippen LogP contribution in [0.3, 0.4) is 0 Å². The van der Waals surface area contributed by atoms with Gasteiger partial charge in [0.05, 0.1) is 5.69 Å². The zero-order valence-corrected chi connectivity index (χ0v) is 12.5. The zero-order valence-electron chi connectivity index (χ0n) is 11.6. The van der Waals surface area contributed by atoms with E-state index in [0.717, 1.165) is 5.56 Å². The average molecular weight is 309 g/mol. The van der Waals surface area contributed by atoms with Gasteiger partial charge in [-0.05, 0) is 49.9 Å². The molecule has 0 atom stereocenters. The van der Waals surface area contributed by atoms with Crippen LogP contribution < -0.4 is 15.8 Å². The Hall–Kier alpha value is -2.12. The quantitative estimate of drug-likeness (QED) is 0.757. The van der Waals surface area contributed by atoms with Crippen LogP contribution in [0, 0.1) is 12.7 Å². The molecule has 21 heavy (non-hydrogen) atoms. The van der Waals surface area contributed by atoms with Gasteiger partial charge in [0.1, 0.15) is 10.7 Å². The van der Waals surface area contributed by atoms with E-state index in [1.54, 1.807) is 12.1 Å². The number of anilines is 3. The first-order chi connectivity index (χ1) is 9.83. The van der Waals surface area contributed by atoms with E-state index in [4.69, 9.17) is 5.73 Å². The Balaban J connectivity index is 2.35. The first-order valence-electron chi connectivity index (χ1n) is 6.20. The molecule has 4 N–H and O–H groups in total. The Labute approximate surface area is 123 Å². The van der Waals surface area contributed by atoms with Gasteiger partial charge in [0.25, 0.3) is 0 Å². The highest BCUT2D eigenvalue weighted by molar-refractivity contribution is 7.89. The van der Waals surface area contributed by atoms with Gasteiger partial charge in [-0.15, -0.1) is 0 Å². The Morgan fingerprint density at radius 3 is 2.48 bits per heavy atom. The summed E-state index contributed by atoms with van der Waals surface area (Å²) in [6, 6.07) is 8.86. The molecule has 2 aromatic carbocycles. The topological polar surface area (TPSA) is 84.2 Å². The van der Waals surface area contributed by atoms with E-state index in [9.17, 15) is 12.8 Å². The molecule has 0 spiro atoms. The molecule has 0 saturated carbocycles. The van der Waals surface area contributed by atoms with Gasteiger partial charge in [-0.3, -0.25) is 0 Å². The summed E-state index contributed by atoms with van der Waals surface area (Å²) in [7, 11) is -2.28. The minimum absolute atomic E-state index is 0.00603. The summed E-state index contributed by atoms with van der Waals surface area (Å²) >= 11 is 0. The maximum absolute atomic E-state index is 13.2. The molecule has 0 saturated heterocycles. The molecule has 0 bridgehead atoms. The number of benzene rings is 2. The third kappa shape index (κ3) is 3.32. The van der Waals surface area contributed by atoms with Crippen molar-refractivity contribution in [3.05, 3.63) is 47.8 Å². The number of nitrogens with two attached hydrogens (primary N) is 1. The summed E-state index contributed by atoms with van der Waals surface area (Å²) in [6.07, 6.45) is 0. The fraction of sp³-hybridized carbons (Fsp3) is 0.143. The maximum Gasteiger partial charge on any atom is 0.242 e. The number of hydrogen-bond donors (Lipinski definition) is 3. The molecule has 0 aliphatic heterocycles. The lowest BCUT2D eigenvalue weighted by atomic mass is 10.2. The van der Waals surface area contributed by atoms with Crippen LogP contribution in [0.15, 0.2) is 41.3 Å². The summed E-state index contributed by atoms with van der Waals surface area (Å²) in [4.78, 5) is 0.00603. The van der Waals surface area contributed by atoms with Crippen LogP contribution in [0.2, 0.25) is 0 Å². The second-order valence-corrected chi connectivity index (χ2v) is 6.40. The van der Waals surface area contributed by atoms with Crippen LogP contribution in [0.25, 0.3) is 0 Å². The van der Waals surface area contributed by atoms with Gasteiger partial charge in [0.2, 0.25) is 10.0 Å². The predicted octanol–water partition coefficient (Wildman–Crippen LogP) is 2.37. The molecule has 112 valence electrons. The standard InChI is InChI=1S/C14H16FN3O2S/c1-9-3-4-10(15)7-13(9)18-11-5-6-14(12(16)8-11)21(19,20)17-2/h3-8,17-18H,16H2,1-2H3. The molecular weight excluding hydrogens is 293 g/mol. The van der Waals surface area contributed by atoms with Gasteiger partial charge >= 0.3 is 0 Å². The molecular formula is C14H16FN3O2S. The van der Waals surface area contributed by atoms with Gasteiger partial charge in [0, 0.05) is 11.4 Å². The normalized spacial score (nSPS) is 11.4. The number of sulfonamides is 1. The number of rotatable bonds is 4. The highest BCUT2D eigenvalue weighted by Crippen LogP contribution is 2.26. The van der Waals surface area contributed by atoms with Gasteiger partial charge in [-0.2, -0.15) is 0 Å². The molecule has 0 radical (unpaired) electrons. The van der Waals surface area contributed by atoms with E-state index in [-0.39, 0.29) is 16.4 Å². The second-order valence-electron chi connectivity index (χ2n) is 4.54. The highest BCUT2D eigenvalue weighted by atomic mass is 32.2. The molecule has 0 amide bonds. The summed E-state index contributed by atoms with van der Waals surface area (Å²) in [5.41, 5.74) is 7.92. The first kappa shape index (κ1) is 15.3. The Morgan fingerprint density at radius 2 is 1.86 bits per heavy atom. The number of nitrogen functional groups attached to an aromatic ring is 1. The monoisotopic (exact) mass is 309 g/mol. The van der Waals surface area contributed by atoms with E-state index >= 15 is 0 Å². The number of halogens is 1. The lowest BCUT2D eigenvalue weighted by Crippen LogP contribution is -2.19. The first-order valence-corrected chi connectivity index (χ1v) is 7.68. The van der Waals surface area contributed by atoms with Crippen LogP contribution in [-0.4, -0.2) is 15.5 Å². The molecule has 0 unspecified atom stereocenters. The van der Waals surface area contributed by atoms with Gasteiger partial charge in [-0.1, -0.05) is 6.07 Å². The second kappa shape index (κ2) is 5.71. The van der Waals surface area contributed by atoms with Crippen molar-refractivity contribution in [2.24, 2.45) is 0 Å². The molecule has 5 nitrogen and oxygen atoms in total. The van der Waals surface area contributed by atoms with Crippen molar-refractivity contribution in [1.82, 2.24) is 4.72 Å². The number of aryl methyl sites for hydroxylation is 1. The van der Waals surface area contributed by atoms with Crippen molar-refractivity contribution < 1.29 is 12.8 Å². The number of hydrogen-bond acceptors (Lipinski definition) is 4. The van der Waals surface area contributed by atoms with E-state index in [1.807, 2.05) is 6.92 Å². The van der Waals surface area contributed by atoms with Gasteiger partial charge in [-0.25, -0.2) is 17.5 Å². The SMILES string of the molecule is CNS(=O)(=O)c1ccc(Nc2cc(F)ccc2C)cc1N. The fourth-order valence-electron chi connectivity index (χ4n) is 1.87. The lowest BCUT2D eigenvalue weighted by Gasteiger charge is -2.12. The molecule has 2 rings (SSSR count). The Kier molecular flexibility index (Phi) is 4.15. The average Bonchev–Trinajstić information content (AvgIpc) is 2.43. The largest absolute Gasteiger partial charge is 0.398 e. The molecule has 2 aromatic rings. The van der Waals surface area contributed by atoms with Crippen molar-refractivity contribution in [2.75, 3.05) is 18.1 Å². The molecule has 0 aliphatic rings. The lowest BCUT2D eigenvalue weighted by molar-refractivity contribution is 0.588. The summed E-state index contributed by atoms with van der Waals surface area (Å²) in [5.74, 6) is -0.356. The van der Waals surface area contributed by atoms with Gasteiger partial charge < -0.3 is 11.1 Å². The Bertz CT molecular complexity index is 776. The molecule has 0 aromatic heterocycles. The third-order valence-electron chi connectivity index (χ3n) is 3.05. The van der Waals surface area contributed by atoms with Crippen LogP contribution in [0.4, 0.5) is 21.5 Å². The van der Waals surface area contributed by atoms with Crippen molar-refractivity contribution in [1.29, 1.82) is 0 Å². The van der Waals surface area contributed by atoms with Crippen molar-refractivity contribution >= 4 is 27.1 Å². The zero-order chi connectivity index (χ0) is 15.6. The van der Waals surface area contributed by atoms with Crippen molar-refractivity contribution in [3.8, 4) is 0 Å². The van der Waals surface area contributed by atoms with Crippen LogP contribution in [0.1, 0.15) is 5.56 Å². The van der Waals surface area contributed by atoms with Crippen LogP contribution >= 0.6 is 0 Å². The molecule has 0 fully saturated rings.